The van der Waals surface area contributed by atoms with Crippen LogP contribution in [0.2, 0.25) is 0 Å². The Labute approximate surface area is 126 Å². The molecule has 1 aromatic rings. The standard InChI is InChI=1S/C17H25NO3/c1-20-15-9-5-8-14(17(15)21-2)12-18-16(19)11-10-13-6-3-4-7-13/h5,8-9,13H,3-4,6-7,10-12H2,1-2H3,(H,18,19). The largest absolute Gasteiger partial charge is 0.493 e. The fraction of sp³-hybridized carbons (Fsp3) is 0.588. The van der Waals surface area contributed by atoms with Gasteiger partial charge in [-0.2, -0.15) is 0 Å². The summed E-state index contributed by atoms with van der Waals surface area (Å²) in [5.74, 6) is 2.25. The van der Waals surface area contributed by atoms with E-state index in [2.05, 4.69) is 5.32 Å². The molecule has 0 bridgehead atoms. The summed E-state index contributed by atoms with van der Waals surface area (Å²) in [4.78, 5) is 11.9. The van der Waals surface area contributed by atoms with Crippen LogP contribution >= 0.6 is 0 Å². The van der Waals surface area contributed by atoms with Crippen molar-refractivity contribution in [3.63, 3.8) is 0 Å². The first-order valence-electron chi connectivity index (χ1n) is 7.71. The summed E-state index contributed by atoms with van der Waals surface area (Å²) in [6.45, 7) is 0.476. The highest BCUT2D eigenvalue weighted by Crippen LogP contribution is 2.31. The maximum atomic E-state index is 11.9. The number of methoxy groups -OCH3 is 2. The number of para-hydroxylation sites is 1. The second-order valence-electron chi connectivity index (χ2n) is 5.62. The summed E-state index contributed by atoms with van der Waals surface area (Å²) in [5.41, 5.74) is 0.936. The van der Waals surface area contributed by atoms with Crippen LogP contribution in [0.4, 0.5) is 0 Å². The molecule has 21 heavy (non-hydrogen) atoms. The molecule has 1 fully saturated rings. The van der Waals surface area contributed by atoms with Gasteiger partial charge >= 0.3 is 0 Å². The van der Waals surface area contributed by atoms with Gasteiger partial charge in [0.2, 0.25) is 5.91 Å². The van der Waals surface area contributed by atoms with E-state index in [4.69, 9.17) is 9.47 Å². The maximum absolute atomic E-state index is 11.9. The first-order chi connectivity index (χ1) is 10.2. The Kier molecular flexibility index (Phi) is 5.90. The Morgan fingerprint density at radius 1 is 1.24 bits per heavy atom. The van der Waals surface area contributed by atoms with Crippen molar-refractivity contribution in [2.75, 3.05) is 14.2 Å². The minimum Gasteiger partial charge on any atom is -0.493 e. The predicted octanol–water partition coefficient (Wildman–Crippen LogP) is 3.29. The van der Waals surface area contributed by atoms with Crippen LogP contribution in [0.3, 0.4) is 0 Å². The molecule has 1 saturated carbocycles. The second kappa shape index (κ2) is 7.91. The molecule has 4 nitrogen and oxygen atoms in total. The molecule has 0 atom stereocenters. The van der Waals surface area contributed by atoms with Crippen molar-refractivity contribution in [3.8, 4) is 11.5 Å². The first kappa shape index (κ1) is 15.7. The SMILES string of the molecule is COc1cccc(CNC(=O)CCC2CCCC2)c1OC. The molecule has 0 aliphatic heterocycles. The van der Waals surface area contributed by atoms with Crippen molar-refractivity contribution >= 4 is 5.91 Å². The van der Waals surface area contributed by atoms with Gasteiger partial charge in [-0.3, -0.25) is 4.79 Å². The second-order valence-corrected chi connectivity index (χ2v) is 5.62. The molecule has 0 heterocycles. The molecule has 0 spiro atoms. The Morgan fingerprint density at radius 2 is 2.00 bits per heavy atom. The average Bonchev–Trinajstić information content (AvgIpc) is 3.03. The van der Waals surface area contributed by atoms with Crippen LogP contribution in [0.5, 0.6) is 11.5 Å². The summed E-state index contributed by atoms with van der Waals surface area (Å²) in [5, 5.41) is 2.97. The Hall–Kier alpha value is -1.71. The van der Waals surface area contributed by atoms with E-state index in [0.29, 0.717) is 24.5 Å². The molecule has 4 heteroatoms. The lowest BCUT2D eigenvalue weighted by atomic mass is 10.0. The van der Waals surface area contributed by atoms with E-state index in [1.165, 1.54) is 25.7 Å². The molecule has 1 amide bonds. The number of benzene rings is 1. The molecule has 1 aliphatic carbocycles. The number of carbonyl (C=O) groups excluding carboxylic acids is 1. The summed E-state index contributed by atoms with van der Waals surface area (Å²) in [6.07, 6.45) is 6.87. The van der Waals surface area contributed by atoms with Gasteiger partial charge in [-0.15, -0.1) is 0 Å². The smallest absolute Gasteiger partial charge is 0.220 e. The van der Waals surface area contributed by atoms with Crippen LogP contribution < -0.4 is 14.8 Å². The minimum atomic E-state index is 0.117. The maximum Gasteiger partial charge on any atom is 0.220 e. The molecule has 1 N–H and O–H groups in total. The van der Waals surface area contributed by atoms with E-state index in [0.717, 1.165) is 17.9 Å². The number of ether oxygens (including phenoxy) is 2. The van der Waals surface area contributed by atoms with Crippen molar-refractivity contribution in [3.05, 3.63) is 23.8 Å². The van der Waals surface area contributed by atoms with Gasteiger partial charge in [0.15, 0.2) is 11.5 Å². The number of hydrogen-bond acceptors (Lipinski definition) is 3. The fourth-order valence-electron chi connectivity index (χ4n) is 3.01. The highest BCUT2D eigenvalue weighted by molar-refractivity contribution is 5.76. The van der Waals surface area contributed by atoms with E-state index in [9.17, 15) is 4.79 Å². The van der Waals surface area contributed by atoms with E-state index in [-0.39, 0.29) is 5.91 Å². The zero-order chi connectivity index (χ0) is 15.1. The number of hydrogen-bond donors (Lipinski definition) is 1. The highest BCUT2D eigenvalue weighted by atomic mass is 16.5. The summed E-state index contributed by atoms with van der Waals surface area (Å²) in [6, 6.07) is 5.70. The average molecular weight is 291 g/mol. The third-order valence-corrected chi connectivity index (χ3v) is 4.21. The van der Waals surface area contributed by atoms with Crippen molar-refractivity contribution < 1.29 is 14.3 Å². The molecule has 0 radical (unpaired) electrons. The molecule has 0 saturated heterocycles. The van der Waals surface area contributed by atoms with Gasteiger partial charge in [-0.05, 0) is 18.4 Å². The van der Waals surface area contributed by atoms with E-state index >= 15 is 0 Å². The van der Waals surface area contributed by atoms with Crippen LogP contribution in [0.25, 0.3) is 0 Å². The van der Waals surface area contributed by atoms with E-state index < -0.39 is 0 Å². The zero-order valence-corrected chi connectivity index (χ0v) is 13.0. The molecule has 116 valence electrons. The number of carbonyl (C=O) groups is 1. The highest BCUT2D eigenvalue weighted by Gasteiger charge is 2.16. The Balaban J connectivity index is 1.83. The Morgan fingerprint density at radius 3 is 2.67 bits per heavy atom. The van der Waals surface area contributed by atoms with Gasteiger partial charge < -0.3 is 14.8 Å². The normalized spacial score (nSPS) is 15.0. The van der Waals surface area contributed by atoms with Crippen molar-refractivity contribution in [2.45, 2.75) is 45.1 Å². The van der Waals surface area contributed by atoms with Crippen LogP contribution in [-0.4, -0.2) is 20.1 Å². The Bertz CT molecular complexity index is 467. The predicted molar refractivity (Wildman–Crippen MR) is 82.6 cm³/mol. The molecule has 1 aromatic carbocycles. The van der Waals surface area contributed by atoms with Crippen LogP contribution in [-0.2, 0) is 11.3 Å². The molecule has 1 aliphatic rings. The zero-order valence-electron chi connectivity index (χ0n) is 13.0. The monoisotopic (exact) mass is 291 g/mol. The number of rotatable bonds is 7. The van der Waals surface area contributed by atoms with Crippen LogP contribution in [0.15, 0.2) is 18.2 Å². The lowest BCUT2D eigenvalue weighted by Crippen LogP contribution is -2.23. The van der Waals surface area contributed by atoms with Gasteiger partial charge in [-0.1, -0.05) is 37.8 Å². The third kappa shape index (κ3) is 4.38. The van der Waals surface area contributed by atoms with Crippen molar-refractivity contribution in [2.24, 2.45) is 5.92 Å². The van der Waals surface area contributed by atoms with E-state index in [1.54, 1.807) is 14.2 Å². The minimum absolute atomic E-state index is 0.117. The molecular formula is C17H25NO3. The quantitative estimate of drug-likeness (QED) is 0.838. The topological polar surface area (TPSA) is 47.6 Å². The number of nitrogens with one attached hydrogen (secondary N) is 1. The van der Waals surface area contributed by atoms with Gasteiger partial charge in [0.05, 0.1) is 14.2 Å². The molecule has 0 aromatic heterocycles. The lowest BCUT2D eigenvalue weighted by Gasteiger charge is -2.13. The number of amides is 1. The van der Waals surface area contributed by atoms with Gasteiger partial charge in [0, 0.05) is 18.5 Å². The summed E-state index contributed by atoms with van der Waals surface area (Å²) < 4.78 is 10.6. The lowest BCUT2D eigenvalue weighted by molar-refractivity contribution is -0.121. The first-order valence-corrected chi connectivity index (χ1v) is 7.71. The van der Waals surface area contributed by atoms with Gasteiger partial charge in [0.25, 0.3) is 0 Å². The third-order valence-electron chi connectivity index (χ3n) is 4.21. The van der Waals surface area contributed by atoms with Crippen LogP contribution in [0.1, 0.15) is 44.1 Å². The van der Waals surface area contributed by atoms with Gasteiger partial charge in [-0.25, -0.2) is 0 Å². The van der Waals surface area contributed by atoms with Crippen molar-refractivity contribution in [1.29, 1.82) is 0 Å². The molecule has 0 unspecified atom stereocenters. The molecular weight excluding hydrogens is 266 g/mol. The van der Waals surface area contributed by atoms with Crippen LogP contribution in [0, 0.1) is 5.92 Å². The van der Waals surface area contributed by atoms with Crippen molar-refractivity contribution in [1.82, 2.24) is 5.32 Å². The fourth-order valence-corrected chi connectivity index (χ4v) is 3.01. The summed E-state index contributed by atoms with van der Waals surface area (Å²) in [7, 11) is 3.23. The van der Waals surface area contributed by atoms with E-state index in [1.807, 2.05) is 18.2 Å². The summed E-state index contributed by atoms with van der Waals surface area (Å²) >= 11 is 0. The van der Waals surface area contributed by atoms with Gasteiger partial charge in [0.1, 0.15) is 0 Å². The molecule has 2 rings (SSSR count).